The molecule has 0 radical (unpaired) electrons. The van der Waals surface area contributed by atoms with Crippen LogP contribution in [0.4, 0.5) is 13.2 Å². The molecule has 0 saturated carbocycles. The summed E-state index contributed by atoms with van der Waals surface area (Å²) in [6.07, 6.45) is -1.30. The zero-order chi connectivity index (χ0) is 17.5. The Kier molecular flexibility index (Phi) is 4.36. The second-order valence-corrected chi connectivity index (χ2v) is 7.38. The summed E-state index contributed by atoms with van der Waals surface area (Å²) < 4.78 is 38.9. The van der Waals surface area contributed by atoms with Gasteiger partial charge in [0.05, 0.1) is 11.0 Å². The Morgan fingerprint density at radius 1 is 1.12 bits per heavy atom. The zero-order valence-electron chi connectivity index (χ0n) is 14.0. The molecule has 2 bridgehead atoms. The molecule has 2 aliphatic heterocycles. The third kappa shape index (κ3) is 3.29. The number of benzene rings is 1. The number of hydrogen-bond acceptors (Lipinski definition) is 2. The van der Waals surface area contributed by atoms with Gasteiger partial charge in [0.2, 0.25) is 5.91 Å². The largest absolute Gasteiger partial charge is 0.416 e. The predicted molar refractivity (Wildman–Crippen MR) is 85.6 cm³/mol. The van der Waals surface area contributed by atoms with Crippen molar-refractivity contribution in [3.63, 3.8) is 0 Å². The molecule has 132 valence electrons. The van der Waals surface area contributed by atoms with E-state index in [0.29, 0.717) is 30.7 Å². The number of likely N-dealkylation sites (tertiary alicyclic amines) is 1. The molecule has 2 fully saturated rings. The molecular formula is C18H23F3N2O. The number of carbonyl (C=O) groups excluding carboxylic acids is 1. The van der Waals surface area contributed by atoms with Gasteiger partial charge in [-0.1, -0.05) is 18.2 Å². The molecule has 1 amide bonds. The van der Waals surface area contributed by atoms with Crippen molar-refractivity contribution in [1.82, 2.24) is 10.2 Å². The SMILES string of the molecule is CC(C)(C(=O)N1CCC2CCC(C1)N2)c1cccc(C(F)(F)F)c1. The molecule has 2 saturated heterocycles. The summed E-state index contributed by atoms with van der Waals surface area (Å²) in [5, 5.41) is 3.52. The Hall–Kier alpha value is -1.56. The first kappa shape index (κ1) is 17.3. The van der Waals surface area contributed by atoms with Crippen LogP contribution in [-0.2, 0) is 16.4 Å². The number of carbonyl (C=O) groups is 1. The Bertz CT molecular complexity index is 627. The van der Waals surface area contributed by atoms with Gasteiger partial charge in [-0.25, -0.2) is 0 Å². The third-order valence-electron chi connectivity index (χ3n) is 5.26. The van der Waals surface area contributed by atoms with Crippen molar-refractivity contribution < 1.29 is 18.0 Å². The van der Waals surface area contributed by atoms with Gasteiger partial charge in [0.25, 0.3) is 0 Å². The number of fused-ring (bicyclic) bond motifs is 2. The normalized spacial score (nSPS) is 24.8. The van der Waals surface area contributed by atoms with Gasteiger partial charge in [0.15, 0.2) is 0 Å². The van der Waals surface area contributed by atoms with Crippen LogP contribution in [0.25, 0.3) is 0 Å². The minimum absolute atomic E-state index is 0.101. The second-order valence-electron chi connectivity index (χ2n) is 7.38. The smallest absolute Gasteiger partial charge is 0.340 e. The molecule has 3 nitrogen and oxygen atoms in total. The predicted octanol–water partition coefficient (Wildman–Crippen LogP) is 3.34. The van der Waals surface area contributed by atoms with E-state index in [1.165, 1.54) is 6.07 Å². The molecule has 2 atom stereocenters. The summed E-state index contributed by atoms with van der Waals surface area (Å²) in [4.78, 5) is 14.8. The third-order valence-corrected chi connectivity index (χ3v) is 5.26. The summed E-state index contributed by atoms with van der Waals surface area (Å²) in [5.74, 6) is -0.101. The molecule has 3 rings (SSSR count). The molecule has 0 spiro atoms. The van der Waals surface area contributed by atoms with E-state index < -0.39 is 17.2 Å². The van der Waals surface area contributed by atoms with Crippen LogP contribution in [0.15, 0.2) is 24.3 Å². The molecule has 1 aromatic carbocycles. The standard InChI is InChI=1S/C18H23F3N2O/c1-17(2,12-4-3-5-13(10-12)18(19,20)21)16(24)23-9-8-14-6-7-15(11-23)22-14/h3-5,10,14-15,22H,6-9,11H2,1-2H3. The highest BCUT2D eigenvalue weighted by atomic mass is 19.4. The maximum atomic E-state index is 13.0. The van der Waals surface area contributed by atoms with E-state index in [2.05, 4.69) is 5.32 Å². The Balaban J connectivity index is 1.83. The lowest BCUT2D eigenvalue weighted by Gasteiger charge is -2.33. The molecule has 1 N–H and O–H groups in total. The van der Waals surface area contributed by atoms with Gasteiger partial charge >= 0.3 is 6.18 Å². The first-order valence-corrected chi connectivity index (χ1v) is 8.41. The van der Waals surface area contributed by atoms with E-state index in [1.54, 1.807) is 19.9 Å². The molecule has 2 unspecified atom stereocenters. The van der Waals surface area contributed by atoms with Crippen LogP contribution in [0.1, 0.15) is 44.2 Å². The lowest BCUT2D eigenvalue weighted by molar-refractivity contribution is -0.139. The Labute approximate surface area is 140 Å². The molecular weight excluding hydrogens is 317 g/mol. The number of nitrogens with zero attached hydrogens (tertiary/aromatic N) is 1. The van der Waals surface area contributed by atoms with E-state index in [-0.39, 0.29) is 5.91 Å². The molecule has 1 aromatic rings. The number of alkyl halides is 3. The molecule has 24 heavy (non-hydrogen) atoms. The van der Waals surface area contributed by atoms with E-state index in [1.807, 2.05) is 4.90 Å². The van der Waals surface area contributed by atoms with Crippen molar-refractivity contribution >= 4 is 5.91 Å². The average molecular weight is 340 g/mol. The molecule has 6 heteroatoms. The summed E-state index contributed by atoms with van der Waals surface area (Å²) in [6.45, 7) is 4.72. The van der Waals surface area contributed by atoms with Crippen LogP contribution < -0.4 is 5.32 Å². The fourth-order valence-corrected chi connectivity index (χ4v) is 3.73. The van der Waals surface area contributed by atoms with Crippen LogP contribution in [0, 0.1) is 0 Å². The van der Waals surface area contributed by atoms with Crippen molar-refractivity contribution in [3.8, 4) is 0 Å². The Morgan fingerprint density at radius 3 is 2.50 bits per heavy atom. The van der Waals surface area contributed by atoms with Crippen molar-refractivity contribution in [2.45, 2.75) is 56.8 Å². The second kappa shape index (κ2) is 6.06. The van der Waals surface area contributed by atoms with E-state index >= 15 is 0 Å². The quantitative estimate of drug-likeness (QED) is 0.896. The number of nitrogens with one attached hydrogen (secondary N) is 1. The maximum absolute atomic E-state index is 13.0. The van der Waals surface area contributed by atoms with Gasteiger partial charge in [-0.2, -0.15) is 13.2 Å². The summed E-state index contributed by atoms with van der Waals surface area (Å²) >= 11 is 0. The highest BCUT2D eigenvalue weighted by Crippen LogP contribution is 2.34. The lowest BCUT2D eigenvalue weighted by Crippen LogP contribution is -2.47. The van der Waals surface area contributed by atoms with E-state index in [9.17, 15) is 18.0 Å². The first-order chi connectivity index (χ1) is 11.2. The number of halogens is 3. The van der Waals surface area contributed by atoms with Gasteiger partial charge in [0, 0.05) is 25.2 Å². The van der Waals surface area contributed by atoms with E-state index in [0.717, 1.165) is 31.4 Å². The highest BCUT2D eigenvalue weighted by molar-refractivity contribution is 5.87. The van der Waals surface area contributed by atoms with Gasteiger partial charge in [-0.15, -0.1) is 0 Å². The Morgan fingerprint density at radius 2 is 1.79 bits per heavy atom. The zero-order valence-corrected chi connectivity index (χ0v) is 14.0. The number of rotatable bonds is 2. The van der Waals surface area contributed by atoms with Crippen LogP contribution in [0.2, 0.25) is 0 Å². The van der Waals surface area contributed by atoms with Crippen molar-refractivity contribution in [3.05, 3.63) is 35.4 Å². The maximum Gasteiger partial charge on any atom is 0.416 e. The van der Waals surface area contributed by atoms with Gasteiger partial charge in [0.1, 0.15) is 0 Å². The average Bonchev–Trinajstić information content (AvgIpc) is 2.85. The molecule has 2 heterocycles. The molecule has 0 aliphatic carbocycles. The van der Waals surface area contributed by atoms with Crippen LogP contribution in [0.5, 0.6) is 0 Å². The van der Waals surface area contributed by atoms with Gasteiger partial charge in [-0.05, 0) is 44.7 Å². The molecule has 2 aliphatic rings. The van der Waals surface area contributed by atoms with Crippen molar-refractivity contribution in [2.24, 2.45) is 0 Å². The monoisotopic (exact) mass is 340 g/mol. The van der Waals surface area contributed by atoms with E-state index in [4.69, 9.17) is 0 Å². The summed E-state index contributed by atoms with van der Waals surface area (Å²) in [5.41, 5.74) is -1.28. The first-order valence-electron chi connectivity index (χ1n) is 8.41. The van der Waals surface area contributed by atoms with Crippen LogP contribution >= 0.6 is 0 Å². The molecule has 0 aromatic heterocycles. The number of hydrogen-bond donors (Lipinski definition) is 1. The summed E-state index contributed by atoms with van der Waals surface area (Å²) in [6, 6.07) is 5.89. The van der Waals surface area contributed by atoms with Crippen molar-refractivity contribution in [1.29, 1.82) is 0 Å². The minimum Gasteiger partial charge on any atom is -0.340 e. The van der Waals surface area contributed by atoms with Gasteiger partial charge < -0.3 is 10.2 Å². The minimum atomic E-state index is -4.40. The highest BCUT2D eigenvalue weighted by Gasteiger charge is 2.39. The number of amides is 1. The van der Waals surface area contributed by atoms with Crippen LogP contribution in [0.3, 0.4) is 0 Å². The fourth-order valence-electron chi connectivity index (χ4n) is 3.73. The topological polar surface area (TPSA) is 32.3 Å². The fraction of sp³-hybridized carbons (Fsp3) is 0.611. The summed E-state index contributed by atoms with van der Waals surface area (Å²) in [7, 11) is 0. The lowest BCUT2D eigenvalue weighted by atomic mass is 9.82. The van der Waals surface area contributed by atoms with Gasteiger partial charge in [-0.3, -0.25) is 4.79 Å². The van der Waals surface area contributed by atoms with Crippen LogP contribution in [-0.4, -0.2) is 36.0 Å². The van der Waals surface area contributed by atoms with Crippen molar-refractivity contribution in [2.75, 3.05) is 13.1 Å².